The number of carbonyl (C=O) groups is 3. The third kappa shape index (κ3) is 9.01. The van der Waals surface area contributed by atoms with Crippen LogP contribution in [0, 0.1) is 0 Å². The standard InChI is InChI=1S/C12H22N2O5/c1-12(2,3)19-10(16)7-14-11(17)8(13)5-6-9(15)18-4/h8H,5-7,13H2,1-4H3,(H,14,17)/t8-/m1/s1. The minimum atomic E-state index is -0.860. The Labute approximate surface area is 112 Å². The van der Waals surface area contributed by atoms with Gasteiger partial charge in [0.15, 0.2) is 0 Å². The maximum absolute atomic E-state index is 11.5. The maximum Gasteiger partial charge on any atom is 0.325 e. The predicted octanol–water partition coefficient (Wildman–Crippen LogP) is -0.275. The molecule has 19 heavy (non-hydrogen) atoms. The average Bonchev–Trinajstić information content (AvgIpc) is 2.30. The summed E-state index contributed by atoms with van der Waals surface area (Å²) in [6.45, 7) is 4.94. The fourth-order valence-corrected chi connectivity index (χ4v) is 1.17. The number of nitrogens with one attached hydrogen (secondary N) is 1. The second-order valence-electron chi connectivity index (χ2n) is 5.03. The van der Waals surface area contributed by atoms with Gasteiger partial charge in [-0.2, -0.15) is 0 Å². The van der Waals surface area contributed by atoms with Gasteiger partial charge in [0, 0.05) is 6.42 Å². The summed E-state index contributed by atoms with van der Waals surface area (Å²) in [6.07, 6.45) is 0.213. The molecule has 0 aliphatic rings. The Balaban J connectivity index is 3.97. The van der Waals surface area contributed by atoms with Gasteiger partial charge in [-0.25, -0.2) is 0 Å². The number of rotatable bonds is 6. The van der Waals surface area contributed by atoms with Gasteiger partial charge in [0.1, 0.15) is 12.1 Å². The number of amides is 1. The van der Waals surface area contributed by atoms with E-state index in [-0.39, 0.29) is 19.4 Å². The lowest BCUT2D eigenvalue weighted by molar-refractivity contribution is -0.154. The van der Waals surface area contributed by atoms with Gasteiger partial charge < -0.3 is 20.5 Å². The van der Waals surface area contributed by atoms with Crippen LogP contribution in [0.2, 0.25) is 0 Å². The summed E-state index contributed by atoms with van der Waals surface area (Å²) in [6, 6.07) is -0.860. The van der Waals surface area contributed by atoms with Crippen molar-refractivity contribution < 1.29 is 23.9 Å². The number of methoxy groups -OCH3 is 1. The predicted molar refractivity (Wildman–Crippen MR) is 68.1 cm³/mol. The third-order valence-corrected chi connectivity index (χ3v) is 2.05. The maximum atomic E-state index is 11.5. The smallest absolute Gasteiger partial charge is 0.325 e. The fraction of sp³-hybridized carbons (Fsp3) is 0.750. The Bertz CT molecular complexity index is 336. The highest BCUT2D eigenvalue weighted by atomic mass is 16.6. The van der Waals surface area contributed by atoms with Crippen LogP contribution in [-0.2, 0) is 23.9 Å². The van der Waals surface area contributed by atoms with Crippen LogP contribution in [0.3, 0.4) is 0 Å². The van der Waals surface area contributed by atoms with Crippen molar-refractivity contribution in [3.05, 3.63) is 0 Å². The summed E-state index contributed by atoms with van der Waals surface area (Å²) >= 11 is 0. The zero-order valence-corrected chi connectivity index (χ0v) is 11.8. The van der Waals surface area contributed by atoms with Crippen molar-refractivity contribution in [2.45, 2.75) is 45.3 Å². The second kappa shape index (κ2) is 7.73. The van der Waals surface area contributed by atoms with E-state index in [0.29, 0.717) is 0 Å². The van der Waals surface area contributed by atoms with Crippen molar-refractivity contribution in [2.75, 3.05) is 13.7 Å². The van der Waals surface area contributed by atoms with Gasteiger partial charge in [-0.05, 0) is 27.2 Å². The number of carbonyl (C=O) groups excluding carboxylic acids is 3. The van der Waals surface area contributed by atoms with Crippen molar-refractivity contribution in [3.63, 3.8) is 0 Å². The van der Waals surface area contributed by atoms with Crippen molar-refractivity contribution in [1.29, 1.82) is 0 Å². The highest BCUT2D eigenvalue weighted by molar-refractivity contribution is 5.86. The molecule has 0 radical (unpaired) electrons. The molecular formula is C12H22N2O5. The molecule has 1 amide bonds. The number of esters is 2. The van der Waals surface area contributed by atoms with Gasteiger partial charge in [0.05, 0.1) is 13.2 Å². The first-order chi connectivity index (χ1) is 8.65. The topological polar surface area (TPSA) is 108 Å². The van der Waals surface area contributed by atoms with E-state index in [1.807, 2.05) is 0 Å². The zero-order chi connectivity index (χ0) is 15.1. The van der Waals surface area contributed by atoms with Crippen molar-refractivity contribution in [1.82, 2.24) is 5.32 Å². The molecule has 0 fully saturated rings. The van der Waals surface area contributed by atoms with Crippen LogP contribution >= 0.6 is 0 Å². The fourth-order valence-electron chi connectivity index (χ4n) is 1.17. The molecule has 0 unspecified atom stereocenters. The van der Waals surface area contributed by atoms with E-state index in [4.69, 9.17) is 10.5 Å². The van der Waals surface area contributed by atoms with Crippen LogP contribution in [0.25, 0.3) is 0 Å². The molecule has 1 atom stereocenters. The number of ether oxygens (including phenoxy) is 2. The van der Waals surface area contributed by atoms with Crippen LogP contribution in [0.5, 0.6) is 0 Å². The zero-order valence-electron chi connectivity index (χ0n) is 11.8. The lowest BCUT2D eigenvalue weighted by Crippen LogP contribution is -2.44. The minimum Gasteiger partial charge on any atom is -0.469 e. The minimum absolute atomic E-state index is 0.0531. The van der Waals surface area contributed by atoms with E-state index in [0.717, 1.165) is 0 Å². The van der Waals surface area contributed by atoms with E-state index in [2.05, 4.69) is 10.1 Å². The highest BCUT2D eigenvalue weighted by Crippen LogP contribution is 2.06. The Morgan fingerprint density at radius 1 is 1.21 bits per heavy atom. The average molecular weight is 274 g/mol. The first-order valence-electron chi connectivity index (χ1n) is 5.97. The van der Waals surface area contributed by atoms with E-state index in [1.54, 1.807) is 20.8 Å². The molecule has 7 nitrogen and oxygen atoms in total. The quantitative estimate of drug-likeness (QED) is 0.645. The van der Waals surface area contributed by atoms with Gasteiger partial charge in [0.25, 0.3) is 0 Å². The molecule has 0 aromatic rings. The molecule has 0 spiro atoms. The number of hydrogen-bond donors (Lipinski definition) is 2. The first-order valence-corrected chi connectivity index (χ1v) is 5.97. The summed E-state index contributed by atoms with van der Waals surface area (Å²) in [5.74, 6) is -1.48. The van der Waals surface area contributed by atoms with Gasteiger partial charge >= 0.3 is 11.9 Å². The summed E-state index contributed by atoms with van der Waals surface area (Å²) in [5.41, 5.74) is 4.96. The molecule has 7 heteroatoms. The summed E-state index contributed by atoms with van der Waals surface area (Å²) in [4.78, 5) is 33.7. The monoisotopic (exact) mass is 274 g/mol. The summed E-state index contributed by atoms with van der Waals surface area (Å²) in [7, 11) is 1.26. The Kier molecular flexibility index (Phi) is 7.06. The second-order valence-corrected chi connectivity index (χ2v) is 5.03. The van der Waals surface area contributed by atoms with Crippen molar-refractivity contribution in [3.8, 4) is 0 Å². The SMILES string of the molecule is COC(=O)CC[C@@H](N)C(=O)NCC(=O)OC(C)(C)C. The lowest BCUT2D eigenvalue weighted by atomic mass is 10.1. The molecule has 0 bridgehead atoms. The molecule has 0 saturated carbocycles. The van der Waals surface area contributed by atoms with Gasteiger partial charge in [0.2, 0.25) is 5.91 Å². The van der Waals surface area contributed by atoms with E-state index in [1.165, 1.54) is 7.11 Å². The molecule has 0 aromatic carbocycles. The highest BCUT2D eigenvalue weighted by Gasteiger charge is 2.19. The van der Waals surface area contributed by atoms with Crippen LogP contribution in [-0.4, -0.2) is 43.1 Å². The molecule has 0 heterocycles. The molecule has 0 aromatic heterocycles. The van der Waals surface area contributed by atoms with Gasteiger partial charge in [-0.15, -0.1) is 0 Å². The van der Waals surface area contributed by atoms with E-state index >= 15 is 0 Å². The van der Waals surface area contributed by atoms with Gasteiger partial charge in [-0.3, -0.25) is 14.4 Å². The normalized spacial score (nSPS) is 12.5. The van der Waals surface area contributed by atoms with Crippen LogP contribution < -0.4 is 11.1 Å². The largest absolute Gasteiger partial charge is 0.469 e. The molecule has 0 aliphatic carbocycles. The molecule has 0 rings (SSSR count). The number of nitrogens with two attached hydrogens (primary N) is 1. The summed E-state index contributed by atoms with van der Waals surface area (Å²) in [5, 5.41) is 2.36. The van der Waals surface area contributed by atoms with Crippen molar-refractivity contribution >= 4 is 17.8 Å². The molecule has 110 valence electrons. The first kappa shape index (κ1) is 17.4. The summed E-state index contributed by atoms with van der Waals surface area (Å²) < 4.78 is 9.45. The number of hydrogen-bond acceptors (Lipinski definition) is 6. The molecule has 3 N–H and O–H groups in total. The lowest BCUT2D eigenvalue weighted by Gasteiger charge is -2.20. The Morgan fingerprint density at radius 2 is 1.79 bits per heavy atom. The van der Waals surface area contributed by atoms with Crippen LogP contribution in [0.1, 0.15) is 33.6 Å². The van der Waals surface area contributed by atoms with E-state index in [9.17, 15) is 14.4 Å². The van der Waals surface area contributed by atoms with Crippen LogP contribution in [0.4, 0.5) is 0 Å². The van der Waals surface area contributed by atoms with E-state index < -0.39 is 29.5 Å². The van der Waals surface area contributed by atoms with Gasteiger partial charge in [-0.1, -0.05) is 0 Å². The molecule has 0 saturated heterocycles. The van der Waals surface area contributed by atoms with Crippen molar-refractivity contribution in [2.24, 2.45) is 5.73 Å². The molecular weight excluding hydrogens is 252 g/mol. The van der Waals surface area contributed by atoms with Crippen LogP contribution in [0.15, 0.2) is 0 Å². The Hall–Kier alpha value is -1.63. The Morgan fingerprint density at radius 3 is 2.26 bits per heavy atom. The third-order valence-electron chi connectivity index (χ3n) is 2.05. The molecule has 0 aliphatic heterocycles.